The summed E-state index contributed by atoms with van der Waals surface area (Å²) < 4.78 is 12.8. The van der Waals surface area contributed by atoms with E-state index in [4.69, 9.17) is 11.6 Å². The molecular formula is C17H16ClFN2O2. The lowest BCUT2D eigenvalue weighted by atomic mass is 10.1. The molecule has 6 heteroatoms. The van der Waals surface area contributed by atoms with Crippen LogP contribution in [0.2, 0.25) is 5.02 Å². The average Bonchev–Trinajstić information content (AvgIpc) is 2.54. The monoisotopic (exact) mass is 334 g/mol. The van der Waals surface area contributed by atoms with Gasteiger partial charge in [0.05, 0.1) is 0 Å². The molecule has 2 aromatic carbocycles. The highest BCUT2D eigenvalue weighted by atomic mass is 35.5. The van der Waals surface area contributed by atoms with Gasteiger partial charge in [0.1, 0.15) is 5.82 Å². The Bertz CT molecular complexity index is 689. The van der Waals surface area contributed by atoms with E-state index >= 15 is 0 Å². The largest absolute Gasteiger partial charge is 0.348 e. The lowest BCUT2D eigenvalue weighted by Gasteiger charge is -2.07. The zero-order valence-electron chi connectivity index (χ0n) is 12.3. The standard InChI is InChI=1S/C17H16ClFN2O2/c18-14-3-1-2-12(10-14)8-9-20-16(22)17(23)21-11-13-4-6-15(19)7-5-13/h1-7,10H,8-9,11H2,(H,20,22)(H,21,23). The first-order valence-corrected chi connectivity index (χ1v) is 7.47. The maximum Gasteiger partial charge on any atom is 0.309 e. The number of halogens is 2. The molecule has 120 valence electrons. The molecule has 0 atom stereocenters. The van der Waals surface area contributed by atoms with Gasteiger partial charge in [0, 0.05) is 18.1 Å². The Kier molecular flexibility index (Phi) is 6.11. The summed E-state index contributed by atoms with van der Waals surface area (Å²) in [5, 5.41) is 5.65. The van der Waals surface area contributed by atoms with E-state index in [1.54, 1.807) is 18.2 Å². The van der Waals surface area contributed by atoms with E-state index in [2.05, 4.69) is 10.6 Å². The van der Waals surface area contributed by atoms with E-state index in [1.807, 2.05) is 18.2 Å². The van der Waals surface area contributed by atoms with Crippen LogP contribution < -0.4 is 10.6 Å². The molecule has 23 heavy (non-hydrogen) atoms. The fourth-order valence-corrected chi connectivity index (χ4v) is 2.17. The zero-order valence-corrected chi connectivity index (χ0v) is 13.1. The molecule has 0 fully saturated rings. The van der Waals surface area contributed by atoms with Gasteiger partial charge in [-0.2, -0.15) is 0 Å². The Hall–Kier alpha value is -2.40. The predicted octanol–water partition coefficient (Wildman–Crippen LogP) is 2.45. The van der Waals surface area contributed by atoms with Crippen LogP contribution in [-0.4, -0.2) is 18.4 Å². The lowest BCUT2D eigenvalue weighted by Crippen LogP contribution is -2.40. The number of rotatable bonds is 5. The summed E-state index contributed by atoms with van der Waals surface area (Å²) in [4.78, 5) is 23.3. The highest BCUT2D eigenvalue weighted by Crippen LogP contribution is 2.10. The van der Waals surface area contributed by atoms with E-state index in [-0.39, 0.29) is 12.4 Å². The van der Waals surface area contributed by atoms with Crippen molar-refractivity contribution in [1.29, 1.82) is 0 Å². The molecule has 0 aliphatic carbocycles. The molecule has 0 aliphatic heterocycles. The molecule has 0 saturated heterocycles. The van der Waals surface area contributed by atoms with Gasteiger partial charge in [0.25, 0.3) is 0 Å². The molecule has 0 radical (unpaired) electrons. The Morgan fingerprint density at radius 1 is 0.957 bits per heavy atom. The fourth-order valence-electron chi connectivity index (χ4n) is 1.96. The van der Waals surface area contributed by atoms with Gasteiger partial charge in [-0.15, -0.1) is 0 Å². The second kappa shape index (κ2) is 8.29. The highest BCUT2D eigenvalue weighted by Gasteiger charge is 2.12. The summed E-state index contributed by atoms with van der Waals surface area (Å²) in [6.07, 6.45) is 0.581. The molecule has 4 nitrogen and oxygen atoms in total. The van der Waals surface area contributed by atoms with E-state index in [0.29, 0.717) is 23.6 Å². The van der Waals surface area contributed by atoms with Crippen LogP contribution in [0.4, 0.5) is 4.39 Å². The van der Waals surface area contributed by atoms with Crippen LogP contribution >= 0.6 is 11.6 Å². The van der Waals surface area contributed by atoms with Gasteiger partial charge in [-0.05, 0) is 41.8 Å². The average molecular weight is 335 g/mol. The summed E-state index contributed by atoms with van der Waals surface area (Å²) in [6.45, 7) is 0.504. The molecule has 0 aliphatic rings. The van der Waals surface area contributed by atoms with Crippen LogP contribution in [0, 0.1) is 5.82 Å². The van der Waals surface area contributed by atoms with Gasteiger partial charge in [-0.25, -0.2) is 4.39 Å². The van der Waals surface area contributed by atoms with Crippen LogP contribution in [0.1, 0.15) is 11.1 Å². The van der Waals surface area contributed by atoms with E-state index in [1.165, 1.54) is 12.1 Å². The van der Waals surface area contributed by atoms with Gasteiger partial charge >= 0.3 is 11.8 Å². The predicted molar refractivity (Wildman–Crippen MR) is 86.4 cm³/mol. The molecular weight excluding hydrogens is 319 g/mol. The zero-order chi connectivity index (χ0) is 16.7. The van der Waals surface area contributed by atoms with Crippen molar-refractivity contribution in [2.24, 2.45) is 0 Å². The summed E-state index contributed by atoms with van der Waals surface area (Å²) >= 11 is 5.87. The Labute approximate surface area is 138 Å². The lowest BCUT2D eigenvalue weighted by molar-refractivity contribution is -0.139. The number of carbonyl (C=O) groups is 2. The molecule has 2 amide bonds. The summed E-state index contributed by atoms with van der Waals surface area (Å²) in [5.41, 5.74) is 1.69. The van der Waals surface area contributed by atoms with Crippen LogP contribution in [0.25, 0.3) is 0 Å². The number of hydrogen-bond donors (Lipinski definition) is 2. The molecule has 0 saturated carbocycles. The molecule has 2 N–H and O–H groups in total. The summed E-state index contributed by atoms with van der Waals surface area (Å²) in [7, 11) is 0. The van der Waals surface area contributed by atoms with E-state index < -0.39 is 11.8 Å². The molecule has 0 unspecified atom stereocenters. The number of nitrogens with one attached hydrogen (secondary N) is 2. The molecule has 0 heterocycles. The van der Waals surface area contributed by atoms with Crippen molar-refractivity contribution in [3.63, 3.8) is 0 Å². The maximum atomic E-state index is 12.8. The Morgan fingerprint density at radius 2 is 1.65 bits per heavy atom. The number of carbonyl (C=O) groups excluding carboxylic acids is 2. The van der Waals surface area contributed by atoms with Crippen LogP contribution in [0.3, 0.4) is 0 Å². The maximum absolute atomic E-state index is 12.8. The van der Waals surface area contributed by atoms with Crippen LogP contribution in [0.15, 0.2) is 48.5 Å². The van der Waals surface area contributed by atoms with Gasteiger partial charge < -0.3 is 10.6 Å². The van der Waals surface area contributed by atoms with Crippen LogP contribution in [0.5, 0.6) is 0 Å². The number of hydrogen-bond acceptors (Lipinski definition) is 2. The quantitative estimate of drug-likeness (QED) is 0.825. The Morgan fingerprint density at radius 3 is 2.35 bits per heavy atom. The Balaban J connectivity index is 1.72. The topological polar surface area (TPSA) is 58.2 Å². The first kappa shape index (κ1) is 17.0. The van der Waals surface area contributed by atoms with Crippen molar-refractivity contribution in [3.8, 4) is 0 Å². The van der Waals surface area contributed by atoms with Gasteiger partial charge in [0.2, 0.25) is 0 Å². The van der Waals surface area contributed by atoms with Gasteiger partial charge in [-0.3, -0.25) is 9.59 Å². The molecule has 0 aromatic heterocycles. The van der Waals surface area contributed by atoms with Crippen molar-refractivity contribution in [1.82, 2.24) is 10.6 Å². The van der Waals surface area contributed by atoms with Gasteiger partial charge in [-0.1, -0.05) is 35.9 Å². The molecule has 0 spiro atoms. The van der Waals surface area contributed by atoms with E-state index in [9.17, 15) is 14.0 Å². The minimum atomic E-state index is -0.722. The van der Waals surface area contributed by atoms with Crippen molar-refractivity contribution in [2.75, 3.05) is 6.54 Å². The summed E-state index contributed by atoms with van der Waals surface area (Å²) in [5.74, 6) is -1.77. The number of benzene rings is 2. The smallest absolute Gasteiger partial charge is 0.309 e. The second-order valence-electron chi connectivity index (χ2n) is 4.94. The molecule has 0 bridgehead atoms. The third-order valence-electron chi connectivity index (χ3n) is 3.16. The second-order valence-corrected chi connectivity index (χ2v) is 5.38. The third kappa shape index (κ3) is 5.71. The van der Waals surface area contributed by atoms with Crippen molar-refractivity contribution in [2.45, 2.75) is 13.0 Å². The minimum absolute atomic E-state index is 0.167. The first-order chi connectivity index (χ1) is 11.0. The van der Waals surface area contributed by atoms with Gasteiger partial charge in [0.15, 0.2) is 0 Å². The van der Waals surface area contributed by atoms with E-state index in [0.717, 1.165) is 5.56 Å². The fraction of sp³-hybridized carbons (Fsp3) is 0.176. The minimum Gasteiger partial charge on any atom is -0.348 e. The van der Waals surface area contributed by atoms with Crippen molar-refractivity contribution in [3.05, 3.63) is 70.5 Å². The van der Waals surface area contributed by atoms with Crippen molar-refractivity contribution < 1.29 is 14.0 Å². The first-order valence-electron chi connectivity index (χ1n) is 7.09. The summed E-state index contributed by atoms with van der Waals surface area (Å²) in [6, 6.07) is 13.0. The molecule has 2 aromatic rings. The third-order valence-corrected chi connectivity index (χ3v) is 3.40. The number of amides is 2. The SMILES string of the molecule is O=C(NCCc1cccc(Cl)c1)C(=O)NCc1ccc(F)cc1. The van der Waals surface area contributed by atoms with Crippen molar-refractivity contribution >= 4 is 23.4 Å². The van der Waals surface area contributed by atoms with Crippen LogP contribution in [-0.2, 0) is 22.6 Å². The highest BCUT2D eigenvalue weighted by molar-refractivity contribution is 6.35. The molecule has 2 rings (SSSR count). The normalized spacial score (nSPS) is 10.2.